The molecule has 1 amide bonds. The molecule has 0 unspecified atom stereocenters. The number of para-hydroxylation sites is 2. The molecule has 0 bridgehead atoms. The van der Waals surface area contributed by atoms with Crippen LogP contribution in [0.3, 0.4) is 0 Å². The van der Waals surface area contributed by atoms with Gasteiger partial charge in [-0.2, -0.15) is 0 Å². The highest BCUT2D eigenvalue weighted by molar-refractivity contribution is 5.76. The molecular weight excluding hydrogens is 338 g/mol. The molecule has 0 atom stereocenters. The fourth-order valence-corrected chi connectivity index (χ4v) is 3.08. The van der Waals surface area contributed by atoms with Crippen LogP contribution in [0, 0.1) is 0 Å². The molecule has 0 radical (unpaired) electrons. The molecule has 0 saturated carbocycles. The second kappa shape index (κ2) is 9.21. The molecule has 0 fully saturated rings. The SMILES string of the molecule is CCC(=O)NCCc1nc2ccccc2n1CCOc1ccc(CC)cc1. The lowest BCUT2D eigenvalue weighted by Gasteiger charge is -2.11. The van der Waals surface area contributed by atoms with E-state index in [2.05, 4.69) is 35.0 Å². The first-order chi connectivity index (χ1) is 13.2. The summed E-state index contributed by atoms with van der Waals surface area (Å²) in [6.45, 7) is 5.88. The molecule has 142 valence electrons. The van der Waals surface area contributed by atoms with E-state index >= 15 is 0 Å². The van der Waals surface area contributed by atoms with Crippen molar-refractivity contribution < 1.29 is 9.53 Å². The summed E-state index contributed by atoms with van der Waals surface area (Å²) in [4.78, 5) is 16.2. The maximum Gasteiger partial charge on any atom is 0.219 e. The molecule has 5 nitrogen and oxygen atoms in total. The molecule has 2 aromatic carbocycles. The van der Waals surface area contributed by atoms with Gasteiger partial charge in [-0.25, -0.2) is 4.98 Å². The van der Waals surface area contributed by atoms with Crippen LogP contribution in [0.25, 0.3) is 11.0 Å². The summed E-state index contributed by atoms with van der Waals surface area (Å²) < 4.78 is 8.11. The Labute approximate surface area is 160 Å². The van der Waals surface area contributed by atoms with Crippen LogP contribution in [-0.2, 0) is 24.2 Å². The van der Waals surface area contributed by atoms with E-state index in [1.54, 1.807) is 0 Å². The minimum atomic E-state index is 0.0662. The van der Waals surface area contributed by atoms with Crippen molar-refractivity contribution in [3.05, 3.63) is 59.9 Å². The smallest absolute Gasteiger partial charge is 0.219 e. The van der Waals surface area contributed by atoms with E-state index in [4.69, 9.17) is 9.72 Å². The second-order valence-electron chi connectivity index (χ2n) is 6.47. The van der Waals surface area contributed by atoms with Crippen molar-refractivity contribution in [2.75, 3.05) is 13.2 Å². The van der Waals surface area contributed by atoms with Crippen LogP contribution in [-0.4, -0.2) is 28.6 Å². The molecule has 1 N–H and O–H groups in total. The molecule has 0 aliphatic rings. The van der Waals surface area contributed by atoms with Gasteiger partial charge in [0.2, 0.25) is 5.91 Å². The van der Waals surface area contributed by atoms with Crippen LogP contribution in [0.1, 0.15) is 31.7 Å². The molecule has 0 aliphatic heterocycles. The van der Waals surface area contributed by atoms with Gasteiger partial charge in [-0.15, -0.1) is 0 Å². The summed E-state index contributed by atoms with van der Waals surface area (Å²) in [5.74, 6) is 1.92. The number of carbonyl (C=O) groups excluding carboxylic acids is 1. The Kier molecular flexibility index (Phi) is 6.47. The van der Waals surface area contributed by atoms with E-state index in [0.717, 1.165) is 29.0 Å². The van der Waals surface area contributed by atoms with Crippen LogP contribution in [0.4, 0.5) is 0 Å². The Balaban J connectivity index is 1.67. The third kappa shape index (κ3) is 4.88. The van der Waals surface area contributed by atoms with Crippen LogP contribution in [0.2, 0.25) is 0 Å². The number of imidazole rings is 1. The summed E-state index contributed by atoms with van der Waals surface area (Å²) in [6, 6.07) is 16.4. The molecule has 1 heterocycles. The van der Waals surface area contributed by atoms with Crippen molar-refractivity contribution in [1.82, 2.24) is 14.9 Å². The first kappa shape index (κ1) is 19.0. The average molecular weight is 365 g/mol. The average Bonchev–Trinajstić information content (AvgIpc) is 3.06. The summed E-state index contributed by atoms with van der Waals surface area (Å²) in [5, 5.41) is 2.92. The number of aryl methyl sites for hydroxylation is 1. The summed E-state index contributed by atoms with van der Waals surface area (Å²) >= 11 is 0. The minimum Gasteiger partial charge on any atom is -0.492 e. The van der Waals surface area contributed by atoms with E-state index in [0.29, 0.717) is 32.5 Å². The molecular formula is C22H27N3O2. The van der Waals surface area contributed by atoms with E-state index in [-0.39, 0.29) is 5.91 Å². The van der Waals surface area contributed by atoms with Crippen molar-refractivity contribution in [2.24, 2.45) is 0 Å². The Morgan fingerprint density at radius 1 is 1.11 bits per heavy atom. The predicted octanol–water partition coefficient (Wildman–Crippen LogP) is 3.75. The molecule has 3 aromatic rings. The highest BCUT2D eigenvalue weighted by Gasteiger charge is 2.10. The lowest BCUT2D eigenvalue weighted by molar-refractivity contribution is -0.120. The number of benzene rings is 2. The Morgan fingerprint density at radius 2 is 1.89 bits per heavy atom. The third-order valence-electron chi connectivity index (χ3n) is 4.64. The number of ether oxygens (including phenoxy) is 1. The molecule has 1 aromatic heterocycles. The number of nitrogens with zero attached hydrogens (tertiary/aromatic N) is 2. The summed E-state index contributed by atoms with van der Waals surface area (Å²) in [7, 11) is 0. The second-order valence-corrected chi connectivity index (χ2v) is 6.47. The number of rotatable bonds is 9. The number of amides is 1. The molecule has 5 heteroatoms. The van der Waals surface area contributed by atoms with Gasteiger partial charge < -0.3 is 14.6 Å². The van der Waals surface area contributed by atoms with Gasteiger partial charge in [0.05, 0.1) is 17.6 Å². The highest BCUT2D eigenvalue weighted by Crippen LogP contribution is 2.17. The zero-order valence-corrected chi connectivity index (χ0v) is 16.1. The number of carbonyl (C=O) groups is 1. The van der Waals surface area contributed by atoms with Gasteiger partial charge in [-0.1, -0.05) is 38.1 Å². The van der Waals surface area contributed by atoms with Crippen LogP contribution in [0.5, 0.6) is 5.75 Å². The Morgan fingerprint density at radius 3 is 2.63 bits per heavy atom. The normalized spacial score (nSPS) is 10.9. The molecule has 0 aliphatic carbocycles. The van der Waals surface area contributed by atoms with Crippen molar-refractivity contribution in [2.45, 2.75) is 39.7 Å². The summed E-state index contributed by atoms with van der Waals surface area (Å²) in [6.07, 6.45) is 2.23. The van der Waals surface area contributed by atoms with Crippen LogP contribution >= 0.6 is 0 Å². The number of hydrogen-bond donors (Lipinski definition) is 1. The van der Waals surface area contributed by atoms with E-state index in [1.807, 2.05) is 37.3 Å². The van der Waals surface area contributed by atoms with Crippen molar-refractivity contribution in [1.29, 1.82) is 0 Å². The predicted molar refractivity (Wildman–Crippen MR) is 108 cm³/mol. The molecule has 0 spiro atoms. The zero-order chi connectivity index (χ0) is 19.1. The number of aromatic nitrogens is 2. The van der Waals surface area contributed by atoms with Gasteiger partial charge in [0.25, 0.3) is 0 Å². The van der Waals surface area contributed by atoms with Gasteiger partial charge in [-0.3, -0.25) is 4.79 Å². The first-order valence-electron chi connectivity index (χ1n) is 9.63. The fourth-order valence-electron chi connectivity index (χ4n) is 3.08. The van der Waals surface area contributed by atoms with Crippen molar-refractivity contribution in [3.63, 3.8) is 0 Å². The lowest BCUT2D eigenvalue weighted by atomic mass is 10.2. The maximum absolute atomic E-state index is 11.5. The van der Waals surface area contributed by atoms with Gasteiger partial charge in [0, 0.05) is 19.4 Å². The van der Waals surface area contributed by atoms with Crippen LogP contribution in [0.15, 0.2) is 48.5 Å². The fraction of sp³-hybridized carbons (Fsp3) is 0.364. The zero-order valence-electron chi connectivity index (χ0n) is 16.1. The van der Waals surface area contributed by atoms with Gasteiger partial charge >= 0.3 is 0 Å². The number of fused-ring (bicyclic) bond motifs is 1. The van der Waals surface area contributed by atoms with Crippen LogP contribution < -0.4 is 10.1 Å². The topological polar surface area (TPSA) is 56.2 Å². The highest BCUT2D eigenvalue weighted by atomic mass is 16.5. The van der Waals surface area contributed by atoms with Crippen molar-refractivity contribution >= 4 is 16.9 Å². The molecule has 27 heavy (non-hydrogen) atoms. The monoisotopic (exact) mass is 365 g/mol. The maximum atomic E-state index is 11.5. The van der Waals surface area contributed by atoms with Gasteiger partial charge in [0.1, 0.15) is 18.2 Å². The van der Waals surface area contributed by atoms with E-state index < -0.39 is 0 Å². The Bertz CT molecular complexity index is 884. The lowest BCUT2D eigenvalue weighted by Crippen LogP contribution is -2.25. The standard InChI is InChI=1S/C22H27N3O2/c1-3-17-9-11-18(12-10-17)27-16-15-25-20-8-6-5-7-19(20)24-21(25)13-14-23-22(26)4-2/h5-12H,3-4,13-16H2,1-2H3,(H,23,26). The quantitative estimate of drug-likeness (QED) is 0.628. The largest absolute Gasteiger partial charge is 0.492 e. The third-order valence-corrected chi connectivity index (χ3v) is 4.64. The van der Waals surface area contributed by atoms with Gasteiger partial charge in [-0.05, 0) is 36.2 Å². The molecule has 3 rings (SSSR count). The summed E-state index contributed by atoms with van der Waals surface area (Å²) in [5.41, 5.74) is 3.38. The van der Waals surface area contributed by atoms with E-state index in [9.17, 15) is 4.79 Å². The number of hydrogen-bond acceptors (Lipinski definition) is 3. The number of nitrogens with one attached hydrogen (secondary N) is 1. The van der Waals surface area contributed by atoms with Crippen molar-refractivity contribution in [3.8, 4) is 5.75 Å². The molecule has 0 saturated heterocycles. The minimum absolute atomic E-state index is 0.0662. The Hall–Kier alpha value is -2.82. The first-order valence-corrected chi connectivity index (χ1v) is 9.63. The van der Waals surface area contributed by atoms with Gasteiger partial charge in [0.15, 0.2) is 0 Å². The van der Waals surface area contributed by atoms with E-state index in [1.165, 1.54) is 5.56 Å².